The van der Waals surface area contributed by atoms with Gasteiger partial charge in [-0.25, -0.2) is 0 Å². The number of rotatable bonds is 6. The van der Waals surface area contributed by atoms with Gasteiger partial charge >= 0.3 is 0 Å². The number of carbonyl (C=O) groups excluding carboxylic acids is 1. The molecule has 1 N–H and O–H groups in total. The van der Waals surface area contributed by atoms with E-state index in [1.807, 2.05) is 38.1 Å². The minimum atomic E-state index is -0.343. The van der Waals surface area contributed by atoms with Crippen LogP contribution in [0.1, 0.15) is 25.6 Å². The molecule has 2 heterocycles. The lowest BCUT2D eigenvalue weighted by Gasteiger charge is -2.13. The number of pyridine rings is 1. The molecule has 4 rings (SSSR count). The fraction of sp³-hybridized carbons (Fsp3) is 0.217. The Bertz CT molecular complexity index is 1310. The van der Waals surface area contributed by atoms with Crippen LogP contribution in [0, 0.1) is 0 Å². The second-order valence-corrected chi connectivity index (χ2v) is 7.36. The molecule has 0 unspecified atom stereocenters. The highest BCUT2D eigenvalue weighted by atomic mass is 16.5. The summed E-state index contributed by atoms with van der Waals surface area (Å²) in [7, 11) is 1.53. The topological polar surface area (TPSA) is 99.2 Å². The van der Waals surface area contributed by atoms with Crippen LogP contribution < -0.4 is 15.6 Å². The van der Waals surface area contributed by atoms with Gasteiger partial charge in [0.05, 0.1) is 23.9 Å². The van der Waals surface area contributed by atoms with E-state index in [1.165, 1.54) is 17.7 Å². The van der Waals surface area contributed by atoms with E-state index >= 15 is 0 Å². The van der Waals surface area contributed by atoms with E-state index in [0.29, 0.717) is 28.3 Å². The largest absolute Gasteiger partial charge is 0.495 e. The van der Waals surface area contributed by atoms with Crippen LogP contribution in [0.15, 0.2) is 63.9 Å². The van der Waals surface area contributed by atoms with Crippen molar-refractivity contribution >= 4 is 22.5 Å². The van der Waals surface area contributed by atoms with Crippen LogP contribution in [0.2, 0.25) is 0 Å². The Balaban J connectivity index is 1.71. The fourth-order valence-corrected chi connectivity index (χ4v) is 3.33. The lowest BCUT2D eigenvalue weighted by molar-refractivity contribution is -0.116. The number of hydrogen-bond donors (Lipinski definition) is 1. The fourth-order valence-electron chi connectivity index (χ4n) is 3.33. The lowest BCUT2D eigenvalue weighted by atomic mass is 10.1. The Morgan fingerprint density at radius 3 is 2.65 bits per heavy atom. The molecule has 0 fully saturated rings. The second kappa shape index (κ2) is 8.43. The normalized spacial score (nSPS) is 11.1. The minimum Gasteiger partial charge on any atom is -0.495 e. The number of hydrogen-bond acceptors (Lipinski definition) is 6. The van der Waals surface area contributed by atoms with Gasteiger partial charge in [0.15, 0.2) is 5.82 Å². The molecular formula is C23H22N4O4. The van der Waals surface area contributed by atoms with E-state index in [2.05, 4.69) is 15.5 Å². The number of benzene rings is 2. The Labute approximate surface area is 178 Å². The van der Waals surface area contributed by atoms with Crippen molar-refractivity contribution in [3.05, 3.63) is 70.8 Å². The predicted molar refractivity (Wildman–Crippen MR) is 117 cm³/mol. The number of para-hydroxylation sites is 3. The third-order valence-corrected chi connectivity index (χ3v) is 4.89. The molecule has 0 radical (unpaired) electrons. The van der Waals surface area contributed by atoms with Crippen molar-refractivity contribution in [2.24, 2.45) is 0 Å². The van der Waals surface area contributed by atoms with E-state index in [4.69, 9.17) is 9.26 Å². The van der Waals surface area contributed by atoms with E-state index in [9.17, 15) is 9.59 Å². The SMILES string of the molecule is COc1ccccc1NC(=O)Cn1c(=O)cc(-c2nc(C(C)C)no2)c2ccccc21. The zero-order chi connectivity index (χ0) is 22.0. The van der Waals surface area contributed by atoms with Gasteiger partial charge in [0.25, 0.3) is 11.4 Å². The predicted octanol–water partition coefficient (Wildman–Crippen LogP) is 3.82. The number of ether oxygens (including phenoxy) is 1. The molecule has 8 heteroatoms. The summed E-state index contributed by atoms with van der Waals surface area (Å²) in [4.78, 5) is 30.1. The van der Waals surface area contributed by atoms with Gasteiger partial charge in [0, 0.05) is 17.4 Å². The van der Waals surface area contributed by atoms with E-state index < -0.39 is 0 Å². The average molecular weight is 418 g/mol. The number of methoxy groups -OCH3 is 1. The molecule has 2 aromatic heterocycles. The summed E-state index contributed by atoms with van der Waals surface area (Å²) in [5.41, 5.74) is 1.34. The van der Waals surface area contributed by atoms with Crippen molar-refractivity contribution in [1.29, 1.82) is 0 Å². The van der Waals surface area contributed by atoms with Crippen molar-refractivity contribution in [2.45, 2.75) is 26.3 Å². The van der Waals surface area contributed by atoms with Crippen molar-refractivity contribution in [3.8, 4) is 17.2 Å². The van der Waals surface area contributed by atoms with Gasteiger partial charge in [-0.1, -0.05) is 49.3 Å². The standard InChI is InChI=1S/C23H22N4O4/c1-14(2)22-25-23(31-26-22)16-12-21(29)27(18-10-6-4-8-15(16)18)13-20(28)24-17-9-5-7-11-19(17)30-3/h4-12,14H,13H2,1-3H3,(H,24,28). The zero-order valence-corrected chi connectivity index (χ0v) is 17.5. The zero-order valence-electron chi connectivity index (χ0n) is 17.5. The van der Waals surface area contributed by atoms with Gasteiger partial charge in [0.1, 0.15) is 12.3 Å². The molecule has 0 spiro atoms. The number of amides is 1. The molecule has 0 aliphatic rings. The highest BCUT2D eigenvalue weighted by Crippen LogP contribution is 2.27. The molecule has 0 bridgehead atoms. The van der Waals surface area contributed by atoms with E-state index in [1.54, 1.807) is 24.3 Å². The Morgan fingerprint density at radius 1 is 1.16 bits per heavy atom. The molecule has 8 nitrogen and oxygen atoms in total. The van der Waals surface area contributed by atoms with Gasteiger partial charge in [-0.05, 0) is 18.2 Å². The lowest BCUT2D eigenvalue weighted by Crippen LogP contribution is -2.28. The van der Waals surface area contributed by atoms with Crippen LogP contribution in [0.25, 0.3) is 22.4 Å². The van der Waals surface area contributed by atoms with Crippen molar-refractivity contribution in [2.75, 3.05) is 12.4 Å². The average Bonchev–Trinajstić information content (AvgIpc) is 3.26. The van der Waals surface area contributed by atoms with Crippen LogP contribution in [0.4, 0.5) is 5.69 Å². The second-order valence-electron chi connectivity index (χ2n) is 7.36. The van der Waals surface area contributed by atoms with E-state index in [0.717, 1.165) is 5.39 Å². The Hall–Kier alpha value is -3.94. The smallest absolute Gasteiger partial charge is 0.258 e. The molecule has 2 aromatic carbocycles. The molecule has 4 aromatic rings. The molecule has 1 amide bonds. The highest BCUT2D eigenvalue weighted by molar-refractivity contribution is 5.95. The van der Waals surface area contributed by atoms with Gasteiger partial charge in [-0.15, -0.1) is 0 Å². The highest BCUT2D eigenvalue weighted by Gasteiger charge is 2.18. The summed E-state index contributed by atoms with van der Waals surface area (Å²) in [5, 5.41) is 7.53. The first-order valence-electron chi connectivity index (χ1n) is 9.87. The summed E-state index contributed by atoms with van der Waals surface area (Å²) in [5.74, 6) is 1.15. The molecule has 0 saturated heterocycles. The Kier molecular flexibility index (Phi) is 5.53. The first kappa shape index (κ1) is 20.3. The third kappa shape index (κ3) is 4.05. The Morgan fingerprint density at radius 2 is 1.90 bits per heavy atom. The van der Waals surface area contributed by atoms with Gasteiger partial charge < -0.3 is 14.6 Å². The van der Waals surface area contributed by atoms with Crippen molar-refractivity contribution in [3.63, 3.8) is 0 Å². The molecule has 0 aliphatic carbocycles. The van der Waals surface area contributed by atoms with Gasteiger partial charge in [-0.2, -0.15) is 4.98 Å². The van der Waals surface area contributed by atoms with Crippen LogP contribution in [0.3, 0.4) is 0 Å². The molecule has 158 valence electrons. The summed E-state index contributed by atoms with van der Waals surface area (Å²) in [6.07, 6.45) is 0. The van der Waals surface area contributed by atoms with Crippen LogP contribution in [-0.2, 0) is 11.3 Å². The molecule has 0 atom stereocenters. The molecule has 0 saturated carbocycles. The monoisotopic (exact) mass is 418 g/mol. The summed E-state index contributed by atoms with van der Waals surface area (Å²) < 4.78 is 12.1. The first-order chi connectivity index (χ1) is 15.0. The third-order valence-electron chi connectivity index (χ3n) is 4.89. The first-order valence-corrected chi connectivity index (χ1v) is 9.87. The molecular weight excluding hydrogens is 396 g/mol. The van der Waals surface area contributed by atoms with Gasteiger partial charge in [-0.3, -0.25) is 14.2 Å². The summed E-state index contributed by atoms with van der Waals surface area (Å²) >= 11 is 0. The number of anilines is 1. The van der Waals surface area contributed by atoms with Crippen LogP contribution in [-0.4, -0.2) is 27.7 Å². The van der Waals surface area contributed by atoms with E-state index in [-0.39, 0.29) is 29.8 Å². The maximum Gasteiger partial charge on any atom is 0.258 e. The summed E-state index contributed by atoms with van der Waals surface area (Å²) in [6.45, 7) is 3.77. The molecule has 31 heavy (non-hydrogen) atoms. The molecule has 0 aliphatic heterocycles. The van der Waals surface area contributed by atoms with Crippen molar-refractivity contribution in [1.82, 2.24) is 14.7 Å². The van der Waals surface area contributed by atoms with Crippen LogP contribution >= 0.6 is 0 Å². The quantitative estimate of drug-likeness (QED) is 0.511. The number of nitrogens with zero attached hydrogens (tertiary/aromatic N) is 3. The number of aromatic nitrogens is 3. The number of fused-ring (bicyclic) bond motifs is 1. The maximum absolute atomic E-state index is 12.9. The summed E-state index contributed by atoms with van der Waals surface area (Å²) in [6, 6.07) is 15.8. The number of carbonyl (C=O) groups is 1. The van der Waals surface area contributed by atoms with Crippen LogP contribution in [0.5, 0.6) is 5.75 Å². The van der Waals surface area contributed by atoms with Crippen molar-refractivity contribution < 1.29 is 14.1 Å². The maximum atomic E-state index is 12.9. The van der Waals surface area contributed by atoms with Gasteiger partial charge in [0.2, 0.25) is 5.91 Å². The number of nitrogens with one attached hydrogen (secondary N) is 1. The minimum absolute atomic E-state index is 0.0998.